The van der Waals surface area contributed by atoms with E-state index in [0.717, 1.165) is 57.8 Å². The Morgan fingerprint density at radius 3 is 1.48 bits per heavy atom. The van der Waals surface area contributed by atoms with Crippen LogP contribution >= 0.6 is 0 Å². The van der Waals surface area contributed by atoms with Crippen molar-refractivity contribution < 1.29 is 73.8 Å². The van der Waals surface area contributed by atoms with Crippen LogP contribution in [0.2, 0.25) is 0 Å². The van der Waals surface area contributed by atoms with Gasteiger partial charge in [0, 0.05) is 12.8 Å². The zero-order valence-electron chi connectivity index (χ0n) is 36.7. The SMILES string of the molecule is CCCCCC/C=C\CCCCCCCC(=O)OC[C@H](CO[C@@H]1O[C@H](CO[C@H]2O[C@H](CO)[C@H](O)[C@H](O)[C@H]2O)[C@H](O)[C@H](O)[C@H]1O)OC(=O)CCCCCCCCCCCCC. The van der Waals surface area contributed by atoms with E-state index in [2.05, 4.69) is 26.0 Å². The van der Waals surface area contributed by atoms with Crippen LogP contribution in [-0.4, -0.2) is 142 Å². The molecule has 0 aromatic heterocycles. The fraction of sp³-hybridized carbons (Fsp3) is 0.911. The molecule has 0 aromatic rings. The van der Waals surface area contributed by atoms with Gasteiger partial charge in [0.05, 0.1) is 19.8 Å². The summed E-state index contributed by atoms with van der Waals surface area (Å²) in [5.41, 5.74) is 0. The van der Waals surface area contributed by atoms with Crippen molar-refractivity contribution in [2.45, 2.75) is 235 Å². The van der Waals surface area contributed by atoms with E-state index in [0.29, 0.717) is 12.8 Å². The molecular formula is C45H82O15. The Balaban J connectivity index is 1.85. The van der Waals surface area contributed by atoms with Crippen LogP contribution in [0, 0.1) is 0 Å². The fourth-order valence-electron chi connectivity index (χ4n) is 7.33. The molecule has 0 radical (unpaired) electrons. The molecule has 2 aliphatic heterocycles. The third kappa shape index (κ3) is 22.5. The van der Waals surface area contributed by atoms with Crippen molar-refractivity contribution >= 4 is 11.9 Å². The second-order valence-electron chi connectivity index (χ2n) is 16.6. The van der Waals surface area contributed by atoms with Crippen molar-refractivity contribution in [3.63, 3.8) is 0 Å². The van der Waals surface area contributed by atoms with E-state index in [9.17, 15) is 45.3 Å². The minimum Gasteiger partial charge on any atom is -0.462 e. The third-order valence-electron chi connectivity index (χ3n) is 11.2. The molecule has 2 aliphatic rings. The topological polar surface area (TPSA) is 231 Å². The summed E-state index contributed by atoms with van der Waals surface area (Å²) >= 11 is 0. The molecule has 15 heteroatoms. The highest BCUT2D eigenvalue weighted by Crippen LogP contribution is 2.26. The summed E-state index contributed by atoms with van der Waals surface area (Å²) in [6, 6.07) is 0. The van der Waals surface area contributed by atoms with Gasteiger partial charge in [0.2, 0.25) is 0 Å². The van der Waals surface area contributed by atoms with E-state index in [4.69, 9.17) is 28.4 Å². The van der Waals surface area contributed by atoms with Gasteiger partial charge in [-0.3, -0.25) is 9.59 Å². The van der Waals surface area contributed by atoms with E-state index in [1.54, 1.807) is 0 Å². The Morgan fingerprint density at radius 2 is 0.950 bits per heavy atom. The monoisotopic (exact) mass is 863 g/mol. The van der Waals surface area contributed by atoms with Crippen molar-refractivity contribution in [2.75, 3.05) is 26.4 Å². The second-order valence-corrected chi connectivity index (χ2v) is 16.6. The minimum absolute atomic E-state index is 0.168. The fourth-order valence-corrected chi connectivity index (χ4v) is 7.33. The summed E-state index contributed by atoms with van der Waals surface area (Å²) in [6.45, 7) is 2.54. The normalized spacial score (nSPS) is 27.6. The number of unbranched alkanes of at least 4 members (excludes halogenated alkanes) is 19. The molecule has 0 bridgehead atoms. The van der Waals surface area contributed by atoms with Gasteiger partial charge in [-0.25, -0.2) is 0 Å². The van der Waals surface area contributed by atoms with Gasteiger partial charge in [-0.2, -0.15) is 0 Å². The van der Waals surface area contributed by atoms with Crippen LogP contribution in [-0.2, 0) is 38.0 Å². The van der Waals surface area contributed by atoms with E-state index in [1.807, 2.05) is 0 Å². The van der Waals surface area contributed by atoms with Crippen molar-refractivity contribution in [1.29, 1.82) is 0 Å². The smallest absolute Gasteiger partial charge is 0.306 e. The zero-order chi connectivity index (χ0) is 44.0. The summed E-state index contributed by atoms with van der Waals surface area (Å²) in [7, 11) is 0. The van der Waals surface area contributed by atoms with Crippen LogP contribution in [0.4, 0.5) is 0 Å². The second kappa shape index (κ2) is 33.8. The molecule has 7 N–H and O–H groups in total. The maximum absolute atomic E-state index is 12.9. The predicted octanol–water partition coefficient (Wildman–Crippen LogP) is 5.04. The Hall–Kier alpha value is -1.76. The molecule has 0 amide bonds. The number of ether oxygens (including phenoxy) is 6. The van der Waals surface area contributed by atoms with Crippen LogP contribution in [0.5, 0.6) is 0 Å². The largest absolute Gasteiger partial charge is 0.462 e. The van der Waals surface area contributed by atoms with Gasteiger partial charge in [0.25, 0.3) is 0 Å². The molecule has 60 heavy (non-hydrogen) atoms. The lowest BCUT2D eigenvalue weighted by Gasteiger charge is -2.42. The molecule has 11 atom stereocenters. The highest BCUT2D eigenvalue weighted by Gasteiger charge is 2.47. The van der Waals surface area contributed by atoms with Gasteiger partial charge in [-0.1, -0.05) is 129 Å². The molecule has 0 unspecified atom stereocenters. The van der Waals surface area contributed by atoms with Gasteiger partial charge in [0.1, 0.15) is 55.4 Å². The zero-order valence-corrected chi connectivity index (χ0v) is 36.7. The lowest BCUT2D eigenvalue weighted by Crippen LogP contribution is -2.61. The lowest BCUT2D eigenvalue weighted by atomic mass is 9.98. The van der Waals surface area contributed by atoms with Crippen molar-refractivity contribution in [1.82, 2.24) is 0 Å². The number of hydrogen-bond donors (Lipinski definition) is 7. The molecule has 0 aliphatic carbocycles. The van der Waals surface area contributed by atoms with E-state index in [-0.39, 0.29) is 26.1 Å². The highest BCUT2D eigenvalue weighted by molar-refractivity contribution is 5.70. The summed E-state index contributed by atoms with van der Waals surface area (Å²) in [5.74, 6) is -0.932. The molecule has 0 saturated carbocycles. The van der Waals surface area contributed by atoms with Crippen molar-refractivity contribution in [2.24, 2.45) is 0 Å². The van der Waals surface area contributed by atoms with Crippen LogP contribution in [0.3, 0.4) is 0 Å². The van der Waals surface area contributed by atoms with Gasteiger partial charge in [-0.05, 0) is 38.5 Å². The Labute approximate surface area is 359 Å². The highest BCUT2D eigenvalue weighted by atomic mass is 16.7. The number of aliphatic hydroxyl groups is 7. The molecule has 2 heterocycles. The number of allylic oxidation sites excluding steroid dienone is 2. The maximum atomic E-state index is 12.9. The number of aliphatic hydroxyl groups excluding tert-OH is 7. The molecule has 2 saturated heterocycles. The van der Waals surface area contributed by atoms with E-state index >= 15 is 0 Å². The first-order chi connectivity index (χ1) is 29.0. The Morgan fingerprint density at radius 1 is 0.517 bits per heavy atom. The van der Waals surface area contributed by atoms with Gasteiger partial charge in [0.15, 0.2) is 18.7 Å². The van der Waals surface area contributed by atoms with Gasteiger partial charge in [-0.15, -0.1) is 0 Å². The number of hydrogen-bond acceptors (Lipinski definition) is 15. The Kier molecular flexibility index (Phi) is 30.6. The molecule has 2 fully saturated rings. The summed E-state index contributed by atoms with van der Waals surface area (Å²) in [6.07, 6.45) is 12.6. The first-order valence-electron chi connectivity index (χ1n) is 23.3. The van der Waals surface area contributed by atoms with Gasteiger partial charge < -0.3 is 64.2 Å². The maximum Gasteiger partial charge on any atom is 0.306 e. The summed E-state index contributed by atoms with van der Waals surface area (Å²) < 4.78 is 33.4. The molecule has 2 rings (SSSR count). The van der Waals surface area contributed by atoms with E-state index in [1.165, 1.54) is 70.6 Å². The average Bonchev–Trinajstić information content (AvgIpc) is 3.24. The van der Waals surface area contributed by atoms with Crippen molar-refractivity contribution in [3.8, 4) is 0 Å². The molecule has 0 aromatic carbocycles. The third-order valence-corrected chi connectivity index (χ3v) is 11.2. The lowest BCUT2D eigenvalue weighted by molar-refractivity contribution is -0.332. The number of carbonyl (C=O) groups is 2. The summed E-state index contributed by atoms with van der Waals surface area (Å²) in [4.78, 5) is 25.6. The number of rotatable bonds is 35. The number of carbonyl (C=O) groups excluding carboxylic acids is 2. The first-order valence-corrected chi connectivity index (χ1v) is 23.3. The van der Waals surface area contributed by atoms with Crippen LogP contribution in [0.25, 0.3) is 0 Å². The van der Waals surface area contributed by atoms with Crippen LogP contribution < -0.4 is 0 Å². The van der Waals surface area contributed by atoms with Gasteiger partial charge >= 0.3 is 11.9 Å². The molecule has 15 nitrogen and oxygen atoms in total. The van der Waals surface area contributed by atoms with E-state index < -0.39 is 92.7 Å². The first kappa shape index (κ1) is 54.4. The predicted molar refractivity (Wildman–Crippen MR) is 224 cm³/mol. The molecular weight excluding hydrogens is 780 g/mol. The van der Waals surface area contributed by atoms with Crippen LogP contribution in [0.15, 0.2) is 12.2 Å². The number of esters is 2. The summed E-state index contributed by atoms with van der Waals surface area (Å²) in [5, 5.41) is 71.8. The van der Waals surface area contributed by atoms with Crippen LogP contribution in [0.1, 0.15) is 168 Å². The standard InChI is InChI=1S/C45H82O15/c1-3-5-7-9-11-13-15-16-18-19-21-23-25-27-36(47)55-30-33(58-37(48)28-26-24-22-20-17-14-12-10-8-6-4-2)31-56-44-43(54)41(52)39(50)35(60-44)32-57-45-42(53)40(51)38(49)34(29-46)59-45/h13,15,33-35,38-46,49-54H,3-12,14,16-32H2,1-2H3/b15-13-/t33-,34-,35-,38+,39+,40+,41+,42-,43-,44-,45+/m1/s1. The quantitative estimate of drug-likeness (QED) is 0.0252. The minimum atomic E-state index is -1.76. The molecule has 352 valence electrons. The average molecular weight is 863 g/mol. The molecule has 0 spiro atoms. The Bertz CT molecular complexity index is 1110. The van der Waals surface area contributed by atoms with Crippen molar-refractivity contribution in [3.05, 3.63) is 12.2 Å².